The zero-order valence-corrected chi connectivity index (χ0v) is 11.3. The van der Waals surface area contributed by atoms with Crippen LogP contribution in [-0.2, 0) is 4.79 Å². The van der Waals surface area contributed by atoms with Crippen molar-refractivity contribution in [1.82, 2.24) is 0 Å². The van der Waals surface area contributed by atoms with E-state index in [1.807, 2.05) is 44.2 Å². The fraction of sp³-hybridized carbons (Fsp3) is 0.235. The molecule has 98 valence electrons. The molecule has 2 heteroatoms. The van der Waals surface area contributed by atoms with Crippen LogP contribution in [0.5, 0.6) is 5.75 Å². The first kappa shape index (κ1) is 13.3. The number of carbonyl (C=O) groups is 1. The van der Waals surface area contributed by atoms with Crippen molar-refractivity contribution >= 4 is 11.4 Å². The molecule has 1 aromatic rings. The van der Waals surface area contributed by atoms with Crippen molar-refractivity contribution in [3.8, 4) is 5.75 Å². The Kier molecular flexibility index (Phi) is 3.43. The second-order valence-corrected chi connectivity index (χ2v) is 5.10. The van der Waals surface area contributed by atoms with Gasteiger partial charge in [-0.05, 0) is 42.2 Å². The number of allylic oxidation sites excluding steroid dienone is 5. The van der Waals surface area contributed by atoms with Gasteiger partial charge in [-0.25, -0.2) is 0 Å². The summed E-state index contributed by atoms with van der Waals surface area (Å²) < 4.78 is 0. The number of benzene rings is 1. The lowest BCUT2D eigenvalue weighted by atomic mass is 9.67. The molecule has 0 spiro atoms. The molecule has 0 heterocycles. The second-order valence-electron chi connectivity index (χ2n) is 5.10. The van der Waals surface area contributed by atoms with Gasteiger partial charge in [0.15, 0.2) is 5.78 Å². The maximum atomic E-state index is 12.1. The summed E-state index contributed by atoms with van der Waals surface area (Å²) in [4.78, 5) is 12.1. The highest BCUT2D eigenvalue weighted by Gasteiger charge is 2.38. The summed E-state index contributed by atoms with van der Waals surface area (Å²) in [5, 5.41) is 9.35. The molecule has 0 amide bonds. The SMILES string of the molecule is C=CC(=O)C1(C)C=CC=C(c2ccc(O)cc2)C1C. The number of rotatable bonds is 3. The van der Waals surface area contributed by atoms with E-state index >= 15 is 0 Å². The Hall–Kier alpha value is -2.09. The average Bonchev–Trinajstić information content (AvgIpc) is 2.42. The van der Waals surface area contributed by atoms with E-state index in [0.717, 1.165) is 11.1 Å². The predicted molar refractivity (Wildman–Crippen MR) is 77.7 cm³/mol. The van der Waals surface area contributed by atoms with Crippen LogP contribution in [0.15, 0.2) is 55.1 Å². The molecular weight excluding hydrogens is 236 g/mol. The first-order valence-electron chi connectivity index (χ1n) is 6.34. The van der Waals surface area contributed by atoms with Gasteiger partial charge < -0.3 is 5.11 Å². The van der Waals surface area contributed by atoms with Gasteiger partial charge in [0.05, 0.1) is 5.41 Å². The minimum atomic E-state index is -0.552. The summed E-state index contributed by atoms with van der Waals surface area (Å²) >= 11 is 0. The third-order valence-electron chi connectivity index (χ3n) is 4.00. The van der Waals surface area contributed by atoms with Gasteiger partial charge in [0.25, 0.3) is 0 Å². The number of aromatic hydroxyl groups is 1. The number of phenolic OH excluding ortho intramolecular Hbond substituents is 1. The third-order valence-corrected chi connectivity index (χ3v) is 4.00. The van der Waals surface area contributed by atoms with Crippen LogP contribution in [0.1, 0.15) is 19.4 Å². The Balaban J connectivity index is 2.41. The molecular formula is C17H18O2. The molecule has 2 unspecified atom stereocenters. The van der Waals surface area contributed by atoms with E-state index < -0.39 is 5.41 Å². The van der Waals surface area contributed by atoms with Crippen molar-refractivity contribution < 1.29 is 9.90 Å². The summed E-state index contributed by atoms with van der Waals surface area (Å²) in [6.45, 7) is 7.57. The van der Waals surface area contributed by atoms with Crippen molar-refractivity contribution in [3.05, 3.63) is 60.7 Å². The Morgan fingerprint density at radius 3 is 2.58 bits per heavy atom. The van der Waals surface area contributed by atoms with Gasteiger partial charge in [-0.3, -0.25) is 4.79 Å². The van der Waals surface area contributed by atoms with Gasteiger partial charge in [-0.15, -0.1) is 0 Å². The maximum Gasteiger partial charge on any atom is 0.165 e. The lowest BCUT2D eigenvalue weighted by Crippen LogP contribution is -2.33. The molecule has 0 radical (unpaired) electrons. The number of ketones is 1. The first-order valence-corrected chi connectivity index (χ1v) is 6.34. The first-order chi connectivity index (χ1) is 8.99. The fourth-order valence-corrected chi connectivity index (χ4v) is 2.48. The highest BCUT2D eigenvalue weighted by Crippen LogP contribution is 2.42. The third kappa shape index (κ3) is 2.26. The molecule has 0 aromatic heterocycles. The van der Waals surface area contributed by atoms with E-state index in [0.29, 0.717) is 0 Å². The summed E-state index contributed by atoms with van der Waals surface area (Å²) in [7, 11) is 0. The minimum absolute atomic E-state index is 0.0284. The quantitative estimate of drug-likeness (QED) is 0.834. The number of carbonyl (C=O) groups excluding carboxylic acids is 1. The van der Waals surface area contributed by atoms with Gasteiger partial charge in [-0.2, -0.15) is 0 Å². The molecule has 0 saturated carbocycles. The number of phenols is 1. The van der Waals surface area contributed by atoms with Gasteiger partial charge in [0.1, 0.15) is 5.75 Å². The fourth-order valence-electron chi connectivity index (χ4n) is 2.48. The lowest BCUT2D eigenvalue weighted by Gasteiger charge is -2.34. The van der Waals surface area contributed by atoms with Crippen LogP contribution in [0, 0.1) is 11.3 Å². The van der Waals surface area contributed by atoms with Gasteiger partial charge in [0.2, 0.25) is 0 Å². The molecule has 0 bridgehead atoms. The predicted octanol–water partition coefficient (Wildman–Crippen LogP) is 3.74. The van der Waals surface area contributed by atoms with Gasteiger partial charge in [0, 0.05) is 0 Å². The molecule has 2 rings (SSSR count). The standard InChI is InChI=1S/C17H18O2/c1-4-16(19)17(3)11-5-6-15(12(17)2)13-7-9-14(18)10-8-13/h4-12,18H,1H2,2-3H3. The van der Waals surface area contributed by atoms with Crippen LogP contribution in [0.3, 0.4) is 0 Å². The van der Waals surface area contributed by atoms with E-state index in [4.69, 9.17) is 0 Å². The zero-order valence-electron chi connectivity index (χ0n) is 11.3. The van der Waals surface area contributed by atoms with Crippen molar-refractivity contribution in [1.29, 1.82) is 0 Å². The second kappa shape index (κ2) is 4.88. The molecule has 2 atom stereocenters. The molecule has 0 aliphatic heterocycles. The molecule has 2 nitrogen and oxygen atoms in total. The van der Waals surface area contributed by atoms with Crippen LogP contribution in [0.2, 0.25) is 0 Å². The lowest BCUT2D eigenvalue weighted by molar-refractivity contribution is -0.122. The van der Waals surface area contributed by atoms with Crippen LogP contribution in [0.25, 0.3) is 5.57 Å². The van der Waals surface area contributed by atoms with Crippen molar-refractivity contribution in [2.75, 3.05) is 0 Å². The molecule has 1 aliphatic rings. The minimum Gasteiger partial charge on any atom is -0.508 e. The van der Waals surface area contributed by atoms with Crippen molar-refractivity contribution in [2.45, 2.75) is 13.8 Å². The van der Waals surface area contributed by atoms with Crippen LogP contribution < -0.4 is 0 Å². The smallest absolute Gasteiger partial charge is 0.165 e. The van der Waals surface area contributed by atoms with E-state index in [-0.39, 0.29) is 17.5 Å². The zero-order chi connectivity index (χ0) is 14.0. The highest BCUT2D eigenvalue weighted by molar-refractivity contribution is 5.98. The molecule has 0 saturated heterocycles. The Bertz CT molecular complexity index is 563. The maximum absolute atomic E-state index is 12.1. The van der Waals surface area contributed by atoms with E-state index in [1.165, 1.54) is 6.08 Å². The summed E-state index contributed by atoms with van der Waals surface area (Å²) in [6.07, 6.45) is 7.27. The highest BCUT2D eigenvalue weighted by atomic mass is 16.3. The Labute approximate surface area is 113 Å². The molecule has 19 heavy (non-hydrogen) atoms. The van der Waals surface area contributed by atoms with Gasteiger partial charge in [-0.1, -0.05) is 43.9 Å². The molecule has 1 aliphatic carbocycles. The normalized spacial score (nSPS) is 25.8. The van der Waals surface area contributed by atoms with Gasteiger partial charge >= 0.3 is 0 Å². The monoisotopic (exact) mass is 254 g/mol. The number of hydrogen-bond acceptors (Lipinski definition) is 2. The van der Waals surface area contributed by atoms with Crippen LogP contribution >= 0.6 is 0 Å². The van der Waals surface area contributed by atoms with Crippen molar-refractivity contribution in [3.63, 3.8) is 0 Å². The molecule has 1 N–H and O–H groups in total. The summed E-state index contributed by atoms with van der Waals surface area (Å²) in [5.74, 6) is 0.335. The Morgan fingerprint density at radius 2 is 2.00 bits per heavy atom. The van der Waals surface area contributed by atoms with Crippen molar-refractivity contribution in [2.24, 2.45) is 11.3 Å². The largest absolute Gasteiger partial charge is 0.508 e. The number of hydrogen-bond donors (Lipinski definition) is 1. The molecule has 0 fully saturated rings. The summed E-state index contributed by atoms with van der Waals surface area (Å²) in [5.41, 5.74) is 1.57. The van der Waals surface area contributed by atoms with E-state index in [2.05, 4.69) is 6.58 Å². The topological polar surface area (TPSA) is 37.3 Å². The molecule has 1 aromatic carbocycles. The summed E-state index contributed by atoms with van der Waals surface area (Å²) in [6, 6.07) is 7.06. The van der Waals surface area contributed by atoms with Crippen LogP contribution in [-0.4, -0.2) is 10.9 Å². The van der Waals surface area contributed by atoms with E-state index in [1.54, 1.807) is 12.1 Å². The van der Waals surface area contributed by atoms with Crippen LogP contribution in [0.4, 0.5) is 0 Å². The average molecular weight is 254 g/mol. The Morgan fingerprint density at radius 1 is 1.37 bits per heavy atom. The van der Waals surface area contributed by atoms with E-state index in [9.17, 15) is 9.90 Å².